The van der Waals surface area contributed by atoms with E-state index in [1.165, 1.54) is 5.56 Å². The van der Waals surface area contributed by atoms with Crippen molar-refractivity contribution in [1.29, 1.82) is 0 Å². The molecule has 0 radical (unpaired) electrons. The van der Waals surface area contributed by atoms with Crippen LogP contribution in [0.25, 0.3) is 11.1 Å². The number of amides is 2. The number of carbonyl (C=O) groups is 2. The molecule has 1 atom stereocenters. The van der Waals surface area contributed by atoms with Crippen molar-refractivity contribution in [2.24, 2.45) is 7.05 Å². The van der Waals surface area contributed by atoms with E-state index in [4.69, 9.17) is 5.73 Å². The van der Waals surface area contributed by atoms with Crippen LogP contribution in [0.15, 0.2) is 48.9 Å². The van der Waals surface area contributed by atoms with Crippen LogP contribution in [0.4, 0.5) is 5.82 Å². The summed E-state index contributed by atoms with van der Waals surface area (Å²) >= 11 is 0. The molecule has 1 saturated heterocycles. The van der Waals surface area contributed by atoms with Gasteiger partial charge in [0.2, 0.25) is 0 Å². The van der Waals surface area contributed by atoms with Gasteiger partial charge in [-0.05, 0) is 35.6 Å². The van der Waals surface area contributed by atoms with Crippen molar-refractivity contribution < 1.29 is 9.59 Å². The quantitative estimate of drug-likeness (QED) is 0.641. The largest absolute Gasteiger partial charge is 0.383 e. The van der Waals surface area contributed by atoms with Crippen molar-refractivity contribution in [3.05, 3.63) is 65.6 Å². The van der Waals surface area contributed by atoms with Crippen LogP contribution in [-0.2, 0) is 12.5 Å². The first-order valence-corrected chi connectivity index (χ1v) is 11.1. The number of likely N-dealkylation sites (tertiary alicyclic amines) is 1. The number of rotatable bonds is 4. The minimum Gasteiger partial charge on any atom is -0.383 e. The number of nitrogens with zero attached hydrogens (tertiary/aromatic N) is 4. The van der Waals surface area contributed by atoms with Crippen molar-refractivity contribution in [2.45, 2.75) is 38.6 Å². The van der Waals surface area contributed by atoms with E-state index < -0.39 is 0 Å². The lowest BCUT2D eigenvalue weighted by atomic mass is 9.86. The molecule has 3 heterocycles. The van der Waals surface area contributed by atoms with Crippen molar-refractivity contribution >= 4 is 17.6 Å². The van der Waals surface area contributed by atoms with E-state index in [-0.39, 0.29) is 29.1 Å². The fourth-order valence-corrected chi connectivity index (χ4v) is 4.01. The smallest absolute Gasteiger partial charge is 0.255 e. The van der Waals surface area contributed by atoms with E-state index in [1.54, 1.807) is 28.0 Å². The second-order valence-corrected chi connectivity index (χ2v) is 9.60. The molecule has 0 bridgehead atoms. The molecule has 0 aliphatic carbocycles. The number of nitrogen functional groups attached to an aromatic ring is 1. The molecular weight excluding hydrogens is 416 g/mol. The number of hydrogen-bond acceptors (Lipinski definition) is 5. The maximum Gasteiger partial charge on any atom is 0.255 e. The Kier molecular flexibility index (Phi) is 5.93. The number of nitrogens with one attached hydrogen (secondary N) is 1. The van der Waals surface area contributed by atoms with E-state index in [0.29, 0.717) is 30.6 Å². The average molecular weight is 447 g/mol. The molecule has 1 aromatic carbocycles. The minimum atomic E-state index is -0.292. The molecule has 1 fully saturated rings. The normalized spacial score (nSPS) is 16.1. The number of anilines is 1. The summed E-state index contributed by atoms with van der Waals surface area (Å²) in [6.07, 6.45) is 5.88. The van der Waals surface area contributed by atoms with Crippen molar-refractivity contribution in [1.82, 2.24) is 25.0 Å². The van der Waals surface area contributed by atoms with Crippen LogP contribution in [-0.4, -0.2) is 50.6 Å². The molecule has 3 aromatic rings. The highest BCUT2D eigenvalue weighted by Gasteiger charge is 2.29. The number of nitrogens with two attached hydrogens (primary N) is 1. The monoisotopic (exact) mass is 446 g/mol. The SMILES string of the molecule is Cn1cc(-c2cnc(N)c(C(=O)N[C@@H]3CCN(C(=O)c4ccc(C(C)(C)C)cc4)C3)c2)cn1. The van der Waals surface area contributed by atoms with Crippen LogP contribution in [0, 0.1) is 0 Å². The van der Waals surface area contributed by atoms with Gasteiger partial charge >= 0.3 is 0 Å². The topological polar surface area (TPSA) is 106 Å². The molecule has 0 spiro atoms. The highest BCUT2D eigenvalue weighted by molar-refractivity contribution is 6.00. The molecule has 0 unspecified atom stereocenters. The van der Waals surface area contributed by atoms with E-state index in [1.807, 2.05) is 37.5 Å². The molecule has 8 nitrogen and oxygen atoms in total. The highest BCUT2D eigenvalue weighted by atomic mass is 16.2. The van der Waals surface area contributed by atoms with Crippen LogP contribution in [0.3, 0.4) is 0 Å². The first-order valence-electron chi connectivity index (χ1n) is 11.1. The number of aromatic nitrogens is 3. The van der Waals surface area contributed by atoms with Gasteiger partial charge in [0.25, 0.3) is 11.8 Å². The number of carbonyl (C=O) groups excluding carboxylic acids is 2. The minimum absolute atomic E-state index is 0.0213. The molecule has 33 heavy (non-hydrogen) atoms. The van der Waals surface area contributed by atoms with E-state index in [2.05, 4.69) is 36.2 Å². The van der Waals surface area contributed by atoms with Crippen molar-refractivity contribution in [2.75, 3.05) is 18.8 Å². The zero-order chi connectivity index (χ0) is 23.8. The molecule has 1 aliphatic rings. The van der Waals surface area contributed by atoms with Gasteiger partial charge in [0, 0.05) is 55.3 Å². The van der Waals surface area contributed by atoms with Gasteiger partial charge in [0.1, 0.15) is 5.82 Å². The molecule has 0 saturated carbocycles. The molecule has 8 heteroatoms. The predicted molar refractivity (Wildman–Crippen MR) is 128 cm³/mol. The van der Waals surface area contributed by atoms with E-state index in [9.17, 15) is 9.59 Å². The Morgan fingerprint density at radius 2 is 1.85 bits per heavy atom. The summed E-state index contributed by atoms with van der Waals surface area (Å²) in [5.41, 5.74) is 9.81. The Bertz CT molecular complexity index is 1180. The van der Waals surface area contributed by atoms with E-state index in [0.717, 1.165) is 11.1 Å². The van der Waals surface area contributed by atoms with E-state index >= 15 is 0 Å². The second-order valence-electron chi connectivity index (χ2n) is 9.60. The highest BCUT2D eigenvalue weighted by Crippen LogP contribution is 2.24. The standard InChI is InChI=1S/C25H30N6O2/c1-25(2,3)19-7-5-16(6-8-19)24(33)31-10-9-20(15-31)29-23(32)21-11-17(12-27-22(21)26)18-13-28-30(4)14-18/h5-8,11-14,20H,9-10,15H2,1-4H3,(H2,26,27)(H,29,32)/t20-/m1/s1. The fourth-order valence-electron chi connectivity index (χ4n) is 4.01. The van der Waals surface area contributed by atoms with Gasteiger partial charge in [0.15, 0.2) is 0 Å². The first kappa shape index (κ1) is 22.5. The van der Waals surface area contributed by atoms with Gasteiger partial charge in [-0.1, -0.05) is 32.9 Å². The number of hydrogen-bond donors (Lipinski definition) is 2. The fraction of sp³-hybridized carbons (Fsp3) is 0.360. The van der Waals surface area contributed by atoms with Crippen molar-refractivity contribution in [3.8, 4) is 11.1 Å². The lowest BCUT2D eigenvalue weighted by Gasteiger charge is -2.20. The Labute approximate surface area is 193 Å². The van der Waals surface area contributed by atoms with Gasteiger partial charge in [0.05, 0.1) is 11.8 Å². The Balaban J connectivity index is 1.41. The lowest BCUT2D eigenvalue weighted by Crippen LogP contribution is -2.38. The second kappa shape index (κ2) is 8.69. The third-order valence-corrected chi connectivity index (χ3v) is 6.01. The summed E-state index contributed by atoms with van der Waals surface area (Å²) in [7, 11) is 1.83. The Morgan fingerprint density at radius 1 is 1.12 bits per heavy atom. The van der Waals surface area contributed by atoms with Crippen LogP contribution in [0.1, 0.15) is 53.5 Å². The van der Waals surface area contributed by atoms with Crippen LogP contribution < -0.4 is 11.1 Å². The number of aryl methyl sites for hydroxylation is 1. The third kappa shape index (κ3) is 4.89. The predicted octanol–water partition coefficient (Wildman–Crippen LogP) is 3.01. The maximum absolute atomic E-state index is 12.9. The third-order valence-electron chi connectivity index (χ3n) is 6.01. The van der Waals surface area contributed by atoms with Gasteiger partial charge in [-0.15, -0.1) is 0 Å². The Morgan fingerprint density at radius 3 is 2.48 bits per heavy atom. The summed E-state index contributed by atoms with van der Waals surface area (Å²) in [5.74, 6) is -0.142. The molecule has 1 aliphatic heterocycles. The molecule has 2 amide bonds. The van der Waals surface area contributed by atoms with Crippen LogP contribution >= 0.6 is 0 Å². The molecule has 3 N–H and O–H groups in total. The zero-order valence-corrected chi connectivity index (χ0v) is 19.5. The zero-order valence-electron chi connectivity index (χ0n) is 19.5. The van der Waals surface area contributed by atoms with Gasteiger partial charge in [-0.3, -0.25) is 14.3 Å². The lowest BCUT2D eigenvalue weighted by molar-refractivity contribution is 0.0783. The van der Waals surface area contributed by atoms with Crippen LogP contribution in [0.2, 0.25) is 0 Å². The van der Waals surface area contributed by atoms with Gasteiger partial charge in [-0.2, -0.15) is 5.10 Å². The summed E-state index contributed by atoms with van der Waals surface area (Å²) in [6, 6.07) is 9.36. The summed E-state index contributed by atoms with van der Waals surface area (Å²) in [5, 5.41) is 7.17. The molecular formula is C25H30N6O2. The summed E-state index contributed by atoms with van der Waals surface area (Å²) < 4.78 is 1.69. The number of pyridine rings is 1. The van der Waals surface area contributed by atoms with Gasteiger partial charge in [-0.25, -0.2) is 4.98 Å². The maximum atomic E-state index is 12.9. The summed E-state index contributed by atoms with van der Waals surface area (Å²) in [6.45, 7) is 7.49. The van der Waals surface area contributed by atoms with Crippen LogP contribution in [0.5, 0.6) is 0 Å². The summed E-state index contributed by atoms with van der Waals surface area (Å²) in [4.78, 5) is 31.8. The van der Waals surface area contributed by atoms with Crippen molar-refractivity contribution in [3.63, 3.8) is 0 Å². The number of benzene rings is 1. The molecule has 2 aromatic heterocycles. The average Bonchev–Trinajstić information content (AvgIpc) is 3.42. The molecule has 4 rings (SSSR count). The molecule has 172 valence electrons. The first-order chi connectivity index (χ1) is 15.6. The Hall–Kier alpha value is -3.68. The van der Waals surface area contributed by atoms with Gasteiger partial charge < -0.3 is 16.0 Å².